The number of hydrogen-bond acceptors (Lipinski definition) is 6. The lowest BCUT2D eigenvalue weighted by Crippen LogP contribution is -2.15. The highest BCUT2D eigenvalue weighted by atomic mass is 35.5. The number of halogens is 2. The van der Waals surface area contributed by atoms with Crippen molar-refractivity contribution in [2.75, 3.05) is 30.9 Å². The van der Waals surface area contributed by atoms with Crippen molar-refractivity contribution in [2.24, 2.45) is 0 Å². The minimum Gasteiger partial charge on any atom is -0.423 e. The van der Waals surface area contributed by atoms with Gasteiger partial charge in [0.1, 0.15) is 11.6 Å². The van der Waals surface area contributed by atoms with Gasteiger partial charge in [0, 0.05) is 20.6 Å². The fourth-order valence-corrected chi connectivity index (χ4v) is 1.69. The van der Waals surface area contributed by atoms with Crippen LogP contribution in [0.4, 0.5) is 16.3 Å². The lowest BCUT2D eigenvalue weighted by molar-refractivity contribution is 0.439. The Labute approximate surface area is 126 Å². The molecule has 1 aromatic heterocycles. The van der Waals surface area contributed by atoms with Crippen molar-refractivity contribution in [3.05, 3.63) is 29.0 Å². The molecule has 6 nitrogen and oxygen atoms in total. The van der Waals surface area contributed by atoms with Crippen molar-refractivity contribution in [1.29, 1.82) is 0 Å². The summed E-state index contributed by atoms with van der Waals surface area (Å²) in [6.07, 6.45) is 0. The lowest BCUT2D eigenvalue weighted by Gasteiger charge is -2.13. The zero-order valence-electron chi connectivity index (χ0n) is 11.9. The molecule has 0 fully saturated rings. The molecule has 1 N–H and O–H groups in total. The third-order valence-electron chi connectivity index (χ3n) is 2.43. The first-order valence-corrected chi connectivity index (χ1v) is 6.67. The maximum absolute atomic E-state index is 13.0. The number of nitrogens with one attached hydrogen (secondary N) is 1. The predicted molar refractivity (Wildman–Crippen MR) is 79.8 cm³/mol. The van der Waals surface area contributed by atoms with Gasteiger partial charge in [0.2, 0.25) is 11.9 Å². The van der Waals surface area contributed by atoms with Gasteiger partial charge in [0.05, 0.1) is 5.02 Å². The van der Waals surface area contributed by atoms with Gasteiger partial charge in [0.15, 0.2) is 0 Å². The van der Waals surface area contributed by atoms with Crippen molar-refractivity contribution < 1.29 is 9.13 Å². The first-order chi connectivity index (χ1) is 9.99. The fraction of sp³-hybridized carbons (Fsp3) is 0.308. The summed E-state index contributed by atoms with van der Waals surface area (Å²) in [6.45, 7) is 2.59. The van der Waals surface area contributed by atoms with Gasteiger partial charge in [-0.25, -0.2) is 4.39 Å². The van der Waals surface area contributed by atoms with Crippen LogP contribution in [0.2, 0.25) is 5.02 Å². The molecule has 0 aliphatic heterocycles. The maximum atomic E-state index is 13.0. The summed E-state index contributed by atoms with van der Waals surface area (Å²) in [5.74, 6) is 0.667. The molecule has 8 heteroatoms. The smallest absolute Gasteiger partial charge is 0.328 e. The Balaban J connectivity index is 2.33. The molecule has 0 saturated carbocycles. The summed E-state index contributed by atoms with van der Waals surface area (Å²) in [4.78, 5) is 14.2. The van der Waals surface area contributed by atoms with E-state index in [1.807, 2.05) is 6.92 Å². The maximum Gasteiger partial charge on any atom is 0.328 e. The molecule has 0 atom stereocenters. The number of rotatable bonds is 5. The predicted octanol–water partition coefficient (Wildman–Crippen LogP) is 2.95. The Morgan fingerprint density at radius 1 is 1.29 bits per heavy atom. The van der Waals surface area contributed by atoms with E-state index in [4.69, 9.17) is 16.3 Å². The Morgan fingerprint density at radius 2 is 2.05 bits per heavy atom. The Kier molecular flexibility index (Phi) is 4.74. The molecule has 0 saturated heterocycles. The highest BCUT2D eigenvalue weighted by molar-refractivity contribution is 6.32. The SMILES string of the molecule is CCNc1nc(Oc2ccc(F)cc2Cl)nc(N(C)C)n1. The third kappa shape index (κ3) is 3.91. The number of aromatic nitrogens is 3. The molecule has 0 aliphatic rings. The van der Waals surface area contributed by atoms with E-state index < -0.39 is 5.82 Å². The molecule has 0 amide bonds. The van der Waals surface area contributed by atoms with E-state index in [1.54, 1.807) is 19.0 Å². The Morgan fingerprint density at radius 3 is 2.67 bits per heavy atom. The molecule has 112 valence electrons. The molecular weight excluding hydrogens is 297 g/mol. The Bertz CT molecular complexity index is 638. The normalized spacial score (nSPS) is 10.3. The van der Waals surface area contributed by atoms with Crippen LogP contribution in [0.25, 0.3) is 0 Å². The van der Waals surface area contributed by atoms with Gasteiger partial charge in [-0.2, -0.15) is 15.0 Å². The van der Waals surface area contributed by atoms with Gasteiger partial charge < -0.3 is 15.0 Å². The molecule has 21 heavy (non-hydrogen) atoms. The topological polar surface area (TPSA) is 63.2 Å². The zero-order chi connectivity index (χ0) is 15.4. The molecule has 2 rings (SSSR count). The molecule has 1 heterocycles. The monoisotopic (exact) mass is 311 g/mol. The second-order valence-corrected chi connectivity index (χ2v) is 4.75. The third-order valence-corrected chi connectivity index (χ3v) is 2.73. The highest BCUT2D eigenvalue weighted by Gasteiger charge is 2.11. The number of benzene rings is 1. The van der Waals surface area contributed by atoms with E-state index in [0.29, 0.717) is 18.4 Å². The van der Waals surface area contributed by atoms with Gasteiger partial charge in [0.25, 0.3) is 0 Å². The van der Waals surface area contributed by atoms with E-state index in [1.165, 1.54) is 12.1 Å². The van der Waals surface area contributed by atoms with E-state index in [0.717, 1.165) is 6.07 Å². The van der Waals surface area contributed by atoms with Crippen LogP contribution in [0.15, 0.2) is 18.2 Å². The van der Waals surface area contributed by atoms with Gasteiger partial charge in [-0.05, 0) is 25.1 Å². The number of nitrogens with zero attached hydrogens (tertiary/aromatic N) is 4. The first-order valence-electron chi connectivity index (χ1n) is 6.29. The summed E-state index contributed by atoms with van der Waals surface area (Å²) < 4.78 is 18.5. The van der Waals surface area contributed by atoms with Crippen LogP contribution in [0, 0.1) is 5.82 Å². The van der Waals surface area contributed by atoms with Crippen LogP contribution in [-0.4, -0.2) is 35.6 Å². The average Bonchev–Trinajstić information content (AvgIpc) is 2.42. The number of ether oxygens (including phenoxy) is 1. The van der Waals surface area contributed by atoms with Gasteiger partial charge in [-0.1, -0.05) is 11.6 Å². The molecule has 1 aromatic carbocycles. The summed E-state index contributed by atoms with van der Waals surface area (Å²) in [6, 6.07) is 3.92. The largest absolute Gasteiger partial charge is 0.423 e. The molecule has 0 bridgehead atoms. The van der Waals surface area contributed by atoms with Crippen molar-refractivity contribution in [1.82, 2.24) is 15.0 Å². The molecule has 0 unspecified atom stereocenters. The summed E-state index contributed by atoms with van der Waals surface area (Å²) in [7, 11) is 3.61. The molecule has 0 radical (unpaired) electrons. The summed E-state index contributed by atoms with van der Waals surface area (Å²) >= 11 is 5.92. The van der Waals surface area contributed by atoms with Gasteiger partial charge in [-0.3, -0.25) is 0 Å². The number of anilines is 2. The van der Waals surface area contributed by atoms with Crippen LogP contribution in [0.5, 0.6) is 11.8 Å². The fourth-order valence-electron chi connectivity index (χ4n) is 1.49. The van der Waals surface area contributed by atoms with Gasteiger partial charge >= 0.3 is 6.01 Å². The van der Waals surface area contributed by atoms with Crippen LogP contribution < -0.4 is 15.0 Å². The van der Waals surface area contributed by atoms with Crippen molar-refractivity contribution in [3.63, 3.8) is 0 Å². The van der Waals surface area contributed by atoms with Crippen LogP contribution in [0.1, 0.15) is 6.92 Å². The van der Waals surface area contributed by atoms with Crippen LogP contribution in [0.3, 0.4) is 0 Å². The zero-order valence-corrected chi connectivity index (χ0v) is 12.6. The van der Waals surface area contributed by atoms with E-state index in [2.05, 4.69) is 20.3 Å². The molecular formula is C13H15ClFN5O. The van der Waals surface area contributed by atoms with E-state index in [-0.39, 0.29) is 16.8 Å². The van der Waals surface area contributed by atoms with E-state index in [9.17, 15) is 4.39 Å². The lowest BCUT2D eigenvalue weighted by atomic mass is 10.3. The quantitative estimate of drug-likeness (QED) is 0.916. The summed E-state index contributed by atoms with van der Waals surface area (Å²) in [5.41, 5.74) is 0. The molecule has 0 spiro atoms. The Hall–Kier alpha value is -2.15. The molecule has 0 aliphatic carbocycles. The van der Waals surface area contributed by atoms with Crippen molar-refractivity contribution in [3.8, 4) is 11.8 Å². The minimum absolute atomic E-state index is 0.0816. The second-order valence-electron chi connectivity index (χ2n) is 4.34. The summed E-state index contributed by atoms with van der Waals surface area (Å²) in [5, 5.41) is 3.14. The second kappa shape index (κ2) is 6.53. The van der Waals surface area contributed by atoms with E-state index >= 15 is 0 Å². The molecule has 2 aromatic rings. The van der Waals surface area contributed by atoms with Crippen molar-refractivity contribution in [2.45, 2.75) is 6.92 Å². The highest BCUT2D eigenvalue weighted by Crippen LogP contribution is 2.29. The van der Waals surface area contributed by atoms with Crippen LogP contribution in [-0.2, 0) is 0 Å². The van der Waals surface area contributed by atoms with Crippen molar-refractivity contribution >= 4 is 23.5 Å². The number of hydrogen-bond donors (Lipinski definition) is 1. The average molecular weight is 312 g/mol. The first kappa shape index (κ1) is 15.2. The van der Waals surface area contributed by atoms with Crippen LogP contribution >= 0.6 is 11.6 Å². The van der Waals surface area contributed by atoms with Gasteiger partial charge in [-0.15, -0.1) is 0 Å². The standard InChI is InChI=1S/C13H15ClFN5O/c1-4-16-11-17-12(20(2)3)19-13(18-11)21-10-6-5-8(15)7-9(10)14/h5-7H,4H2,1-3H3,(H,16,17,18,19). The minimum atomic E-state index is -0.440.